The van der Waals surface area contributed by atoms with Gasteiger partial charge in [-0.25, -0.2) is 8.42 Å². The molecule has 0 atom stereocenters. The summed E-state index contributed by atoms with van der Waals surface area (Å²) in [7, 11) is -3.78. The molecule has 158 valence electrons. The van der Waals surface area contributed by atoms with Crippen molar-refractivity contribution < 1.29 is 17.9 Å². The van der Waals surface area contributed by atoms with Gasteiger partial charge in [0.1, 0.15) is 5.75 Å². The number of ether oxygens (including phenoxy) is 1. The van der Waals surface area contributed by atoms with Crippen LogP contribution in [0.3, 0.4) is 0 Å². The van der Waals surface area contributed by atoms with Crippen molar-refractivity contribution in [3.63, 3.8) is 0 Å². The second-order valence-corrected chi connectivity index (χ2v) is 8.69. The highest BCUT2D eigenvalue weighted by molar-refractivity contribution is 7.89. The molecule has 0 saturated heterocycles. The molecule has 0 aliphatic heterocycles. The standard InChI is InChI=1S/C23H26N2O4S/c1-3-25(30(27,28)21-14-12-20(13-15-21)29-4-2)17-23(26)24-16-19-10-7-9-18-8-5-6-11-22(18)19/h5-15H,3-4,16-17H2,1-2H3,(H,24,26). The van der Waals surface area contributed by atoms with E-state index in [2.05, 4.69) is 5.32 Å². The highest BCUT2D eigenvalue weighted by atomic mass is 32.2. The Morgan fingerprint density at radius 2 is 1.67 bits per heavy atom. The Kier molecular flexibility index (Phi) is 7.07. The van der Waals surface area contributed by atoms with Gasteiger partial charge in [0.2, 0.25) is 15.9 Å². The van der Waals surface area contributed by atoms with E-state index < -0.39 is 10.0 Å². The first kappa shape index (κ1) is 21.8. The number of rotatable bonds is 9. The first-order valence-corrected chi connectivity index (χ1v) is 11.4. The van der Waals surface area contributed by atoms with E-state index in [9.17, 15) is 13.2 Å². The van der Waals surface area contributed by atoms with Crippen molar-refractivity contribution in [2.24, 2.45) is 0 Å². The summed E-state index contributed by atoms with van der Waals surface area (Å²) < 4.78 is 32.4. The number of carbonyl (C=O) groups excluding carboxylic acids is 1. The molecule has 0 aromatic heterocycles. The van der Waals surface area contributed by atoms with Crippen LogP contribution in [-0.2, 0) is 21.4 Å². The van der Waals surface area contributed by atoms with Crippen molar-refractivity contribution in [1.29, 1.82) is 0 Å². The van der Waals surface area contributed by atoms with E-state index in [1.807, 2.05) is 49.4 Å². The van der Waals surface area contributed by atoms with Gasteiger partial charge in [-0.15, -0.1) is 0 Å². The monoisotopic (exact) mass is 426 g/mol. The largest absolute Gasteiger partial charge is 0.494 e. The third kappa shape index (κ3) is 4.98. The lowest BCUT2D eigenvalue weighted by Gasteiger charge is -2.20. The van der Waals surface area contributed by atoms with Crippen molar-refractivity contribution in [3.8, 4) is 5.75 Å². The minimum atomic E-state index is -3.78. The zero-order valence-electron chi connectivity index (χ0n) is 17.2. The van der Waals surface area contributed by atoms with Crippen LogP contribution in [0.4, 0.5) is 0 Å². The lowest BCUT2D eigenvalue weighted by atomic mass is 10.0. The summed E-state index contributed by atoms with van der Waals surface area (Å²) in [6.07, 6.45) is 0. The van der Waals surface area contributed by atoms with Gasteiger partial charge in [-0.2, -0.15) is 4.31 Å². The van der Waals surface area contributed by atoms with Gasteiger partial charge in [-0.1, -0.05) is 49.4 Å². The Labute approximate surface area is 177 Å². The van der Waals surface area contributed by atoms with Crippen LogP contribution in [0.2, 0.25) is 0 Å². The zero-order chi connectivity index (χ0) is 21.6. The number of amides is 1. The van der Waals surface area contributed by atoms with Crippen LogP contribution >= 0.6 is 0 Å². The van der Waals surface area contributed by atoms with E-state index in [4.69, 9.17) is 4.74 Å². The molecule has 0 unspecified atom stereocenters. The summed E-state index contributed by atoms with van der Waals surface area (Å²) in [5.74, 6) is 0.256. The van der Waals surface area contributed by atoms with Crippen LogP contribution in [0.1, 0.15) is 19.4 Å². The zero-order valence-corrected chi connectivity index (χ0v) is 18.0. The molecular formula is C23H26N2O4S. The van der Waals surface area contributed by atoms with Crippen LogP contribution in [-0.4, -0.2) is 38.3 Å². The normalized spacial score (nSPS) is 11.6. The Morgan fingerprint density at radius 1 is 0.967 bits per heavy atom. The van der Waals surface area contributed by atoms with E-state index in [1.54, 1.807) is 19.1 Å². The minimum absolute atomic E-state index is 0.134. The molecule has 0 bridgehead atoms. The fraction of sp³-hybridized carbons (Fsp3) is 0.261. The maximum atomic E-state index is 12.9. The van der Waals surface area contributed by atoms with Gasteiger partial charge in [-0.3, -0.25) is 4.79 Å². The number of nitrogens with zero attached hydrogens (tertiary/aromatic N) is 1. The third-order valence-electron chi connectivity index (χ3n) is 4.80. The van der Waals surface area contributed by atoms with Crippen molar-refractivity contribution in [2.75, 3.05) is 19.7 Å². The molecule has 0 aliphatic carbocycles. The van der Waals surface area contributed by atoms with Crippen LogP contribution in [0.25, 0.3) is 10.8 Å². The molecular weight excluding hydrogens is 400 g/mol. The summed E-state index contributed by atoms with van der Waals surface area (Å²) in [4.78, 5) is 12.6. The molecule has 1 amide bonds. The van der Waals surface area contributed by atoms with Crippen LogP contribution in [0, 0.1) is 0 Å². The SMILES string of the molecule is CCOc1ccc(S(=O)(=O)N(CC)CC(=O)NCc2cccc3ccccc23)cc1. The van der Waals surface area contributed by atoms with Crippen molar-refractivity contribution in [3.05, 3.63) is 72.3 Å². The lowest BCUT2D eigenvalue weighted by Crippen LogP contribution is -2.40. The predicted octanol–water partition coefficient (Wildman–Crippen LogP) is 3.57. The van der Waals surface area contributed by atoms with E-state index in [0.717, 1.165) is 16.3 Å². The van der Waals surface area contributed by atoms with Crippen LogP contribution < -0.4 is 10.1 Å². The molecule has 0 fully saturated rings. The Balaban J connectivity index is 1.67. The van der Waals surface area contributed by atoms with Gasteiger partial charge >= 0.3 is 0 Å². The number of likely N-dealkylation sites (N-methyl/N-ethyl adjacent to an activating group) is 1. The molecule has 0 heterocycles. The fourth-order valence-corrected chi connectivity index (χ4v) is 4.65. The molecule has 7 heteroatoms. The van der Waals surface area contributed by atoms with Crippen molar-refractivity contribution >= 4 is 26.7 Å². The summed E-state index contributed by atoms with van der Waals surface area (Å²) in [6, 6.07) is 20.1. The average Bonchev–Trinajstić information content (AvgIpc) is 2.76. The van der Waals surface area contributed by atoms with Crippen LogP contribution in [0.15, 0.2) is 71.6 Å². The van der Waals surface area contributed by atoms with E-state index in [-0.39, 0.29) is 23.9 Å². The Bertz CT molecular complexity index is 1110. The molecule has 0 spiro atoms. The lowest BCUT2D eigenvalue weighted by molar-refractivity contribution is -0.121. The highest BCUT2D eigenvalue weighted by Gasteiger charge is 2.25. The predicted molar refractivity (Wildman–Crippen MR) is 118 cm³/mol. The molecule has 0 saturated carbocycles. The number of hydrogen-bond acceptors (Lipinski definition) is 4. The number of sulfonamides is 1. The smallest absolute Gasteiger partial charge is 0.243 e. The van der Waals surface area contributed by atoms with Gasteiger partial charge in [0.25, 0.3) is 0 Å². The maximum absolute atomic E-state index is 12.9. The molecule has 3 rings (SSSR count). The summed E-state index contributed by atoms with van der Waals surface area (Å²) >= 11 is 0. The van der Waals surface area contributed by atoms with Gasteiger partial charge < -0.3 is 10.1 Å². The van der Waals surface area contributed by atoms with E-state index >= 15 is 0 Å². The van der Waals surface area contributed by atoms with Crippen molar-refractivity contribution in [1.82, 2.24) is 9.62 Å². The second kappa shape index (κ2) is 9.73. The molecule has 30 heavy (non-hydrogen) atoms. The topological polar surface area (TPSA) is 75.7 Å². The molecule has 0 aliphatic rings. The first-order chi connectivity index (χ1) is 14.5. The first-order valence-electron chi connectivity index (χ1n) is 9.92. The second-order valence-electron chi connectivity index (χ2n) is 6.75. The van der Waals surface area contributed by atoms with Gasteiger partial charge in [-0.05, 0) is 47.5 Å². The number of carbonyl (C=O) groups is 1. The number of hydrogen-bond donors (Lipinski definition) is 1. The van der Waals surface area contributed by atoms with Gasteiger partial charge in [0.05, 0.1) is 18.0 Å². The minimum Gasteiger partial charge on any atom is -0.494 e. The fourth-order valence-electron chi connectivity index (χ4n) is 3.25. The number of fused-ring (bicyclic) bond motifs is 1. The summed E-state index contributed by atoms with van der Waals surface area (Å²) in [5, 5.41) is 5.00. The molecule has 3 aromatic carbocycles. The van der Waals surface area contributed by atoms with Crippen molar-refractivity contribution in [2.45, 2.75) is 25.3 Å². The highest BCUT2D eigenvalue weighted by Crippen LogP contribution is 2.20. The summed E-state index contributed by atoms with van der Waals surface area (Å²) in [6.45, 7) is 4.36. The maximum Gasteiger partial charge on any atom is 0.243 e. The number of benzene rings is 3. The average molecular weight is 427 g/mol. The van der Waals surface area contributed by atoms with Crippen LogP contribution in [0.5, 0.6) is 5.75 Å². The molecule has 3 aromatic rings. The third-order valence-corrected chi connectivity index (χ3v) is 6.74. The quantitative estimate of drug-likeness (QED) is 0.568. The van der Waals surface area contributed by atoms with E-state index in [0.29, 0.717) is 18.9 Å². The molecule has 0 radical (unpaired) electrons. The number of nitrogens with one attached hydrogen (secondary N) is 1. The summed E-state index contributed by atoms with van der Waals surface area (Å²) in [5.41, 5.74) is 0.985. The van der Waals surface area contributed by atoms with Gasteiger partial charge in [0, 0.05) is 13.1 Å². The molecule has 1 N–H and O–H groups in total. The molecule has 6 nitrogen and oxygen atoms in total. The van der Waals surface area contributed by atoms with Gasteiger partial charge in [0.15, 0.2) is 0 Å². The van der Waals surface area contributed by atoms with E-state index in [1.165, 1.54) is 16.4 Å². The Morgan fingerprint density at radius 3 is 2.37 bits per heavy atom. The Hall–Kier alpha value is -2.90.